The van der Waals surface area contributed by atoms with Gasteiger partial charge in [-0.2, -0.15) is 0 Å². The van der Waals surface area contributed by atoms with E-state index in [9.17, 15) is 15.0 Å². The number of aromatic hydroxyl groups is 2. The molecule has 0 fully saturated rings. The molecule has 0 heterocycles. The van der Waals surface area contributed by atoms with E-state index in [1.807, 2.05) is 61.5 Å². The molecule has 0 amide bonds. The average Bonchev–Trinajstić information content (AvgIpc) is 2.76. The van der Waals surface area contributed by atoms with Crippen LogP contribution in [-0.4, -0.2) is 16.0 Å². The SMILES string of the molecule is Cc1cccc2c1-c1c(C)cccc1C(c1ccc(O)cc1)(c1ccc(O)cc1)C2=O. The number of carbonyl (C=O) groups is 1. The van der Waals surface area contributed by atoms with Crippen LogP contribution in [0.4, 0.5) is 0 Å². The van der Waals surface area contributed by atoms with Crippen LogP contribution in [0.25, 0.3) is 11.1 Å². The standard InChI is InChI=1S/C28H22O3/c1-17-5-3-7-23-25(17)26-18(2)6-4-8-24(26)28(27(23)31,19-9-13-21(29)14-10-19)20-11-15-22(30)16-12-20/h3-16,29-30H,1-2H3. The second-order valence-corrected chi connectivity index (χ2v) is 8.17. The fourth-order valence-corrected chi connectivity index (χ4v) is 4.99. The summed E-state index contributed by atoms with van der Waals surface area (Å²) in [5.41, 5.74) is 6.27. The Kier molecular flexibility index (Phi) is 4.23. The van der Waals surface area contributed by atoms with Gasteiger partial charge in [0.1, 0.15) is 16.9 Å². The molecular weight excluding hydrogens is 384 g/mol. The fourth-order valence-electron chi connectivity index (χ4n) is 4.99. The van der Waals surface area contributed by atoms with Gasteiger partial charge in [0, 0.05) is 5.56 Å². The zero-order valence-corrected chi connectivity index (χ0v) is 17.4. The fraction of sp³-hybridized carbons (Fsp3) is 0.107. The van der Waals surface area contributed by atoms with Gasteiger partial charge in [-0.15, -0.1) is 0 Å². The van der Waals surface area contributed by atoms with Gasteiger partial charge in [0.05, 0.1) is 0 Å². The van der Waals surface area contributed by atoms with Crippen LogP contribution in [0.3, 0.4) is 0 Å². The second kappa shape index (κ2) is 6.85. The van der Waals surface area contributed by atoms with Gasteiger partial charge in [0.25, 0.3) is 0 Å². The van der Waals surface area contributed by atoms with Crippen LogP contribution < -0.4 is 0 Å². The van der Waals surface area contributed by atoms with Gasteiger partial charge in [-0.05, 0) is 77.1 Å². The first-order valence-corrected chi connectivity index (χ1v) is 10.3. The molecule has 0 saturated heterocycles. The Morgan fingerprint density at radius 2 is 1.10 bits per heavy atom. The van der Waals surface area contributed by atoms with Crippen molar-refractivity contribution in [1.29, 1.82) is 0 Å². The molecule has 4 aromatic rings. The highest BCUT2D eigenvalue weighted by Crippen LogP contribution is 2.52. The lowest BCUT2D eigenvalue weighted by Crippen LogP contribution is -2.42. The van der Waals surface area contributed by atoms with E-state index in [0.29, 0.717) is 5.56 Å². The van der Waals surface area contributed by atoms with E-state index in [1.165, 1.54) is 0 Å². The lowest BCUT2D eigenvalue weighted by molar-refractivity contribution is 0.0933. The Bertz CT molecular complexity index is 1270. The highest BCUT2D eigenvalue weighted by Gasteiger charge is 2.49. The number of carbonyl (C=O) groups excluding carboxylic acids is 1. The van der Waals surface area contributed by atoms with E-state index in [4.69, 9.17) is 0 Å². The minimum absolute atomic E-state index is 0.0133. The quantitative estimate of drug-likeness (QED) is 0.435. The van der Waals surface area contributed by atoms with E-state index in [-0.39, 0.29) is 17.3 Å². The molecule has 4 aromatic carbocycles. The second-order valence-electron chi connectivity index (χ2n) is 8.17. The number of ketones is 1. The summed E-state index contributed by atoms with van der Waals surface area (Å²) in [6, 6.07) is 25.7. The van der Waals surface area contributed by atoms with E-state index in [0.717, 1.165) is 38.9 Å². The van der Waals surface area contributed by atoms with Crippen LogP contribution in [-0.2, 0) is 5.41 Å². The van der Waals surface area contributed by atoms with Crippen LogP contribution in [0.5, 0.6) is 11.5 Å². The van der Waals surface area contributed by atoms with Crippen LogP contribution in [0, 0.1) is 13.8 Å². The van der Waals surface area contributed by atoms with Crippen molar-refractivity contribution in [2.75, 3.05) is 0 Å². The number of aryl methyl sites for hydroxylation is 2. The number of hydrogen-bond acceptors (Lipinski definition) is 3. The normalized spacial score (nSPS) is 14.1. The van der Waals surface area contributed by atoms with Gasteiger partial charge >= 0.3 is 0 Å². The summed E-state index contributed by atoms with van der Waals surface area (Å²) in [6.45, 7) is 4.11. The number of phenolic OH excluding ortho intramolecular Hbond substituents is 2. The van der Waals surface area contributed by atoms with Crippen molar-refractivity contribution in [3.8, 4) is 22.6 Å². The molecule has 0 aliphatic heterocycles. The summed E-state index contributed by atoms with van der Waals surface area (Å²) in [5.74, 6) is 0.280. The third kappa shape index (κ3) is 2.63. The summed E-state index contributed by atoms with van der Waals surface area (Å²) < 4.78 is 0. The van der Waals surface area contributed by atoms with Gasteiger partial charge in [0.2, 0.25) is 0 Å². The minimum atomic E-state index is -1.09. The first-order valence-electron chi connectivity index (χ1n) is 10.3. The van der Waals surface area contributed by atoms with Crippen molar-refractivity contribution >= 4 is 5.78 Å². The first kappa shape index (κ1) is 19.1. The van der Waals surface area contributed by atoms with Crippen molar-refractivity contribution in [1.82, 2.24) is 0 Å². The van der Waals surface area contributed by atoms with Gasteiger partial charge in [0.15, 0.2) is 5.78 Å². The average molecular weight is 406 g/mol. The maximum absolute atomic E-state index is 14.4. The molecular formula is C28H22O3. The molecule has 0 saturated carbocycles. The molecule has 0 radical (unpaired) electrons. The number of phenols is 2. The summed E-state index contributed by atoms with van der Waals surface area (Å²) in [5, 5.41) is 19.9. The lowest BCUT2D eigenvalue weighted by atomic mass is 9.59. The van der Waals surface area contributed by atoms with Crippen LogP contribution in [0.15, 0.2) is 84.9 Å². The molecule has 31 heavy (non-hydrogen) atoms. The number of rotatable bonds is 2. The van der Waals surface area contributed by atoms with Crippen LogP contribution in [0.1, 0.15) is 38.2 Å². The first-order chi connectivity index (χ1) is 14.9. The zero-order chi connectivity index (χ0) is 21.8. The van der Waals surface area contributed by atoms with Crippen molar-refractivity contribution < 1.29 is 15.0 Å². The molecule has 0 aromatic heterocycles. The summed E-state index contributed by atoms with van der Waals surface area (Å²) in [6.07, 6.45) is 0. The van der Waals surface area contributed by atoms with E-state index >= 15 is 0 Å². The van der Waals surface area contributed by atoms with Crippen molar-refractivity contribution in [3.63, 3.8) is 0 Å². The topological polar surface area (TPSA) is 57.5 Å². The van der Waals surface area contributed by atoms with Crippen LogP contribution in [0.2, 0.25) is 0 Å². The van der Waals surface area contributed by atoms with E-state index in [1.54, 1.807) is 24.3 Å². The predicted octanol–water partition coefficient (Wildman–Crippen LogP) is 5.91. The Hall–Kier alpha value is -3.85. The molecule has 0 bridgehead atoms. The molecule has 3 heteroatoms. The minimum Gasteiger partial charge on any atom is -0.508 e. The molecule has 0 atom stereocenters. The lowest BCUT2D eigenvalue weighted by Gasteiger charge is -2.40. The summed E-state index contributed by atoms with van der Waals surface area (Å²) in [4.78, 5) is 14.4. The molecule has 5 rings (SSSR count). The van der Waals surface area contributed by atoms with Crippen LogP contribution >= 0.6 is 0 Å². The van der Waals surface area contributed by atoms with Gasteiger partial charge in [-0.1, -0.05) is 60.7 Å². The Morgan fingerprint density at radius 3 is 1.65 bits per heavy atom. The zero-order valence-electron chi connectivity index (χ0n) is 17.4. The number of hydrogen-bond donors (Lipinski definition) is 2. The van der Waals surface area contributed by atoms with Crippen molar-refractivity contribution in [2.24, 2.45) is 0 Å². The maximum Gasteiger partial charge on any atom is 0.182 e. The highest BCUT2D eigenvalue weighted by atomic mass is 16.3. The third-order valence-electron chi connectivity index (χ3n) is 6.39. The van der Waals surface area contributed by atoms with Crippen molar-refractivity contribution in [2.45, 2.75) is 19.3 Å². The van der Waals surface area contributed by atoms with Gasteiger partial charge in [-0.25, -0.2) is 0 Å². The molecule has 1 aliphatic carbocycles. The largest absolute Gasteiger partial charge is 0.508 e. The third-order valence-corrected chi connectivity index (χ3v) is 6.39. The van der Waals surface area contributed by atoms with E-state index < -0.39 is 5.41 Å². The smallest absolute Gasteiger partial charge is 0.182 e. The monoisotopic (exact) mass is 406 g/mol. The van der Waals surface area contributed by atoms with E-state index in [2.05, 4.69) is 13.0 Å². The molecule has 0 unspecified atom stereocenters. The Morgan fingerprint density at radius 1 is 0.613 bits per heavy atom. The van der Waals surface area contributed by atoms with Gasteiger partial charge < -0.3 is 10.2 Å². The van der Waals surface area contributed by atoms with Crippen molar-refractivity contribution in [3.05, 3.63) is 118 Å². The number of benzene rings is 4. The maximum atomic E-state index is 14.4. The molecule has 152 valence electrons. The summed E-state index contributed by atoms with van der Waals surface area (Å²) in [7, 11) is 0. The van der Waals surface area contributed by atoms with Gasteiger partial charge in [-0.3, -0.25) is 4.79 Å². The predicted molar refractivity (Wildman–Crippen MR) is 122 cm³/mol. The highest BCUT2D eigenvalue weighted by molar-refractivity contribution is 6.17. The summed E-state index contributed by atoms with van der Waals surface area (Å²) >= 11 is 0. The molecule has 2 N–H and O–H groups in total. The molecule has 1 aliphatic rings. The molecule has 3 nitrogen and oxygen atoms in total. The molecule has 0 spiro atoms. The Balaban J connectivity index is 1.98. The number of Topliss-reactive ketones (excluding diaryl/α,β-unsaturated/α-hetero) is 1. The number of fused-ring (bicyclic) bond motifs is 3. The Labute approximate surface area is 181 Å².